The summed E-state index contributed by atoms with van der Waals surface area (Å²) in [6.07, 6.45) is 2.44. The van der Waals surface area contributed by atoms with Crippen LogP contribution in [0.3, 0.4) is 0 Å². The zero-order valence-corrected chi connectivity index (χ0v) is 14.1. The Labute approximate surface area is 127 Å². The molecule has 5 nitrogen and oxygen atoms in total. The van der Waals surface area contributed by atoms with E-state index in [1.54, 1.807) is 4.90 Å². The van der Waals surface area contributed by atoms with E-state index >= 15 is 0 Å². The molecule has 2 heterocycles. The van der Waals surface area contributed by atoms with Crippen molar-refractivity contribution in [2.45, 2.75) is 71.7 Å². The number of ether oxygens (including phenoxy) is 1. The molecule has 0 aromatic heterocycles. The van der Waals surface area contributed by atoms with E-state index in [0.717, 1.165) is 12.0 Å². The van der Waals surface area contributed by atoms with Crippen LogP contribution in [0.4, 0.5) is 4.79 Å². The van der Waals surface area contributed by atoms with Crippen molar-refractivity contribution in [3.8, 4) is 0 Å². The maximum Gasteiger partial charge on any atom is 0.512 e. The van der Waals surface area contributed by atoms with Crippen LogP contribution in [-0.4, -0.2) is 41.5 Å². The number of hydrogen-bond donors (Lipinski definition) is 0. The molecule has 2 aliphatic rings. The molecule has 1 amide bonds. The summed E-state index contributed by atoms with van der Waals surface area (Å²) in [7, 11) is -0.523. The summed E-state index contributed by atoms with van der Waals surface area (Å²) >= 11 is 0. The second-order valence-electron chi connectivity index (χ2n) is 7.64. The molecule has 0 N–H and O–H groups in total. The van der Waals surface area contributed by atoms with Crippen LogP contribution in [0, 0.1) is 0 Å². The predicted octanol–water partition coefficient (Wildman–Crippen LogP) is 3.14. The van der Waals surface area contributed by atoms with E-state index in [-0.39, 0.29) is 6.09 Å². The summed E-state index contributed by atoms with van der Waals surface area (Å²) in [5, 5.41) is 0. The highest BCUT2D eigenvalue weighted by Gasteiger charge is 2.54. The lowest BCUT2D eigenvalue weighted by molar-refractivity contribution is 0.00578. The Morgan fingerprint density at radius 3 is 2.24 bits per heavy atom. The van der Waals surface area contributed by atoms with Crippen LogP contribution in [-0.2, 0) is 14.0 Å². The molecule has 0 atom stereocenters. The molecule has 0 aliphatic carbocycles. The van der Waals surface area contributed by atoms with Crippen LogP contribution in [0.25, 0.3) is 0 Å². The lowest BCUT2D eigenvalue weighted by Gasteiger charge is -2.32. The summed E-state index contributed by atoms with van der Waals surface area (Å²) in [6.45, 7) is 14.2. The first-order valence-electron chi connectivity index (χ1n) is 7.49. The first-order valence-corrected chi connectivity index (χ1v) is 7.49. The summed E-state index contributed by atoms with van der Waals surface area (Å²) in [5.74, 6) is 0. The Kier molecular flexibility index (Phi) is 3.91. The molecule has 21 heavy (non-hydrogen) atoms. The SMILES string of the molecule is CC(C)(C)OC(=O)N1CCC=C1B1OC(C)(C)C(C)(C)O1. The molecule has 118 valence electrons. The minimum Gasteiger partial charge on any atom is -0.443 e. The lowest BCUT2D eigenvalue weighted by Crippen LogP contribution is -2.41. The van der Waals surface area contributed by atoms with Gasteiger partial charge in [-0.1, -0.05) is 6.08 Å². The largest absolute Gasteiger partial charge is 0.512 e. The Morgan fingerprint density at radius 2 is 1.76 bits per heavy atom. The van der Waals surface area contributed by atoms with Gasteiger partial charge in [-0.15, -0.1) is 0 Å². The van der Waals surface area contributed by atoms with Crippen LogP contribution in [0.5, 0.6) is 0 Å². The van der Waals surface area contributed by atoms with Crippen molar-refractivity contribution >= 4 is 13.2 Å². The molecule has 1 saturated heterocycles. The topological polar surface area (TPSA) is 48.0 Å². The summed E-state index contributed by atoms with van der Waals surface area (Å²) < 4.78 is 17.5. The number of hydrogen-bond acceptors (Lipinski definition) is 4. The fourth-order valence-corrected chi connectivity index (χ4v) is 2.28. The average molecular weight is 295 g/mol. The van der Waals surface area contributed by atoms with Gasteiger partial charge in [-0.3, -0.25) is 4.90 Å². The van der Waals surface area contributed by atoms with Gasteiger partial charge >= 0.3 is 13.2 Å². The third kappa shape index (κ3) is 3.26. The van der Waals surface area contributed by atoms with Gasteiger partial charge in [0.2, 0.25) is 0 Å². The highest BCUT2D eigenvalue weighted by Crippen LogP contribution is 2.40. The van der Waals surface area contributed by atoms with Crippen LogP contribution in [0.1, 0.15) is 54.9 Å². The molecule has 2 rings (SSSR count). The maximum absolute atomic E-state index is 12.3. The van der Waals surface area contributed by atoms with Gasteiger partial charge in [0.15, 0.2) is 0 Å². The second kappa shape index (κ2) is 5.02. The van der Waals surface area contributed by atoms with Gasteiger partial charge in [0.05, 0.1) is 16.8 Å². The van der Waals surface area contributed by atoms with Crippen LogP contribution in [0.2, 0.25) is 0 Å². The molecular weight excluding hydrogens is 269 g/mol. The molecule has 0 bridgehead atoms. The van der Waals surface area contributed by atoms with E-state index in [2.05, 4.69) is 0 Å². The lowest BCUT2D eigenvalue weighted by atomic mass is 9.84. The van der Waals surface area contributed by atoms with Crippen molar-refractivity contribution < 1.29 is 18.8 Å². The first-order chi connectivity index (χ1) is 9.43. The number of amides is 1. The average Bonchev–Trinajstić information content (AvgIpc) is 2.79. The van der Waals surface area contributed by atoms with Crippen molar-refractivity contribution in [2.24, 2.45) is 0 Å². The zero-order valence-electron chi connectivity index (χ0n) is 14.1. The smallest absolute Gasteiger partial charge is 0.443 e. The molecule has 2 aliphatic heterocycles. The van der Waals surface area contributed by atoms with E-state index < -0.39 is 23.9 Å². The summed E-state index contributed by atoms with van der Waals surface area (Å²) in [6, 6.07) is 0. The highest BCUT2D eigenvalue weighted by atomic mass is 16.7. The molecule has 0 unspecified atom stereocenters. The predicted molar refractivity (Wildman–Crippen MR) is 81.7 cm³/mol. The van der Waals surface area contributed by atoms with Gasteiger partial charge in [0.1, 0.15) is 5.60 Å². The van der Waals surface area contributed by atoms with Crippen LogP contribution in [0.15, 0.2) is 11.7 Å². The Balaban J connectivity index is 2.12. The molecule has 0 spiro atoms. The van der Waals surface area contributed by atoms with E-state index in [9.17, 15) is 4.79 Å². The van der Waals surface area contributed by atoms with E-state index in [1.807, 2.05) is 54.5 Å². The van der Waals surface area contributed by atoms with Gasteiger partial charge in [-0.05, 0) is 54.9 Å². The Bertz CT molecular complexity index is 449. The van der Waals surface area contributed by atoms with Crippen molar-refractivity contribution in [1.82, 2.24) is 4.90 Å². The highest BCUT2D eigenvalue weighted by molar-refractivity contribution is 6.54. The number of carbonyl (C=O) groups is 1. The van der Waals surface area contributed by atoms with Gasteiger partial charge < -0.3 is 14.0 Å². The van der Waals surface area contributed by atoms with Gasteiger partial charge in [-0.2, -0.15) is 0 Å². The first kappa shape index (κ1) is 16.4. The molecule has 0 aromatic carbocycles. The van der Waals surface area contributed by atoms with Crippen molar-refractivity contribution in [3.05, 3.63) is 11.7 Å². The molecule has 0 aromatic rings. The Hall–Kier alpha value is -1.01. The number of carbonyl (C=O) groups excluding carboxylic acids is 1. The molecule has 1 fully saturated rings. The molecular formula is C15H26BNO4. The summed E-state index contributed by atoms with van der Waals surface area (Å²) in [5.41, 5.74) is -0.592. The standard InChI is InChI=1S/C15H26BNO4/c1-13(2,3)19-12(18)17-10-8-9-11(17)16-20-14(4,5)15(6,7)21-16/h9H,8,10H2,1-7H3. The van der Waals surface area contributed by atoms with Crippen molar-refractivity contribution in [2.75, 3.05) is 6.54 Å². The van der Waals surface area contributed by atoms with E-state index in [4.69, 9.17) is 14.0 Å². The second-order valence-corrected chi connectivity index (χ2v) is 7.64. The number of nitrogens with zero attached hydrogens (tertiary/aromatic N) is 1. The number of rotatable bonds is 1. The van der Waals surface area contributed by atoms with E-state index in [1.165, 1.54) is 0 Å². The van der Waals surface area contributed by atoms with Crippen LogP contribution < -0.4 is 0 Å². The monoisotopic (exact) mass is 295 g/mol. The molecule has 6 heteroatoms. The van der Waals surface area contributed by atoms with Gasteiger partial charge in [0.25, 0.3) is 0 Å². The van der Waals surface area contributed by atoms with Crippen LogP contribution >= 0.6 is 0 Å². The molecule has 0 radical (unpaired) electrons. The fourth-order valence-electron chi connectivity index (χ4n) is 2.28. The third-order valence-corrected chi connectivity index (χ3v) is 4.13. The maximum atomic E-state index is 12.3. The van der Waals surface area contributed by atoms with Crippen molar-refractivity contribution in [3.63, 3.8) is 0 Å². The third-order valence-electron chi connectivity index (χ3n) is 4.13. The van der Waals surface area contributed by atoms with Gasteiger partial charge in [-0.25, -0.2) is 4.79 Å². The summed E-state index contributed by atoms with van der Waals surface area (Å²) in [4.78, 5) is 13.9. The quantitative estimate of drug-likeness (QED) is 0.697. The zero-order chi connectivity index (χ0) is 16.1. The minimum atomic E-state index is -0.523. The minimum absolute atomic E-state index is 0.346. The fraction of sp³-hybridized carbons (Fsp3) is 0.800. The van der Waals surface area contributed by atoms with Crippen molar-refractivity contribution in [1.29, 1.82) is 0 Å². The van der Waals surface area contributed by atoms with Gasteiger partial charge in [0, 0.05) is 6.54 Å². The van der Waals surface area contributed by atoms with E-state index in [0.29, 0.717) is 6.54 Å². The Morgan fingerprint density at radius 1 is 1.24 bits per heavy atom. The normalized spacial score (nSPS) is 24.2. The molecule has 0 saturated carbocycles.